The molecule has 6 nitrogen and oxygen atoms in total. The lowest BCUT2D eigenvalue weighted by Gasteiger charge is -2.23. The van der Waals surface area contributed by atoms with Gasteiger partial charge in [0.2, 0.25) is 5.91 Å². The Morgan fingerprint density at radius 1 is 1.38 bits per heavy atom. The second-order valence-electron chi connectivity index (χ2n) is 5.48. The zero-order valence-electron chi connectivity index (χ0n) is 12.8. The molecular weight excluding hydrogens is 268 g/mol. The van der Waals surface area contributed by atoms with Crippen LogP contribution in [0.15, 0.2) is 35.5 Å². The molecule has 0 bridgehead atoms. The number of oxime groups is 1. The highest BCUT2D eigenvalue weighted by atomic mass is 16.4. The number of rotatable bonds is 7. The van der Waals surface area contributed by atoms with Crippen LogP contribution in [0.25, 0.3) is 0 Å². The molecule has 0 aliphatic heterocycles. The minimum atomic E-state index is -1.01. The number of nitrogens with zero attached hydrogens (tertiary/aromatic N) is 2. The Morgan fingerprint density at radius 2 is 2.00 bits per heavy atom. The molecule has 0 spiro atoms. The second kappa shape index (κ2) is 7.52. The maximum Gasteiger partial charge on any atom is 0.233 e. The van der Waals surface area contributed by atoms with Crippen molar-refractivity contribution >= 4 is 17.4 Å². The molecule has 6 heteroatoms. The number of carbonyl (C=O) groups excluding carboxylic acids is 1. The fourth-order valence-corrected chi connectivity index (χ4v) is 1.79. The number of nitrogens with two attached hydrogens (primary N) is 1. The summed E-state index contributed by atoms with van der Waals surface area (Å²) < 4.78 is 0. The number of hydrogen-bond acceptors (Lipinski definition) is 4. The quantitative estimate of drug-likeness (QED) is 0.233. The third kappa shape index (κ3) is 4.66. The Labute approximate surface area is 125 Å². The first-order valence-electron chi connectivity index (χ1n) is 6.92. The van der Waals surface area contributed by atoms with Gasteiger partial charge in [0.05, 0.1) is 0 Å². The molecule has 116 valence electrons. The normalized spacial score (nSPS) is 12.0. The van der Waals surface area contributed by atoms with Crippen LogP contribution in [-0.4, -0.2) is 37.1 Å². The summed E-state index contributed by atoms with van der Waals surface area (Å²) in [5.74, 6) is -0.346. The fourth-order valence-electron chi connectivity index (χ4n) is 1.79. The van der Waals surface area contributed by atoms with Gasteiger partial charge in [0.1, 0.15) is 5.41 Å². The lowest BCUT2D eigenvalue weighted by Crippen LogP contribution is -2.46. The van der Waals surface area contributed by atoms with Crippen molar-refractivity contribution in [1.82, 2.24) is 5.32 Å². The Kier molecular flexibility index (Phi) is 6.02. The summed E-state index contributed by atoms with van der Waals surface area (Å²) in [6.07, 6.45) is 0.809. The van der Waals surface area contributed by atoms with Gasteiger partial charge in [-0.3, -0.25) is 4.79 Å². The molecule has 1 rings (SSSR count). The van der Waals surface area contributed by atoms with Gasteiger partial charge >= 0.3 is 0 Å². The number of para-hydroxylation sites is 1. The van der Waals surface area contributed by atoms with Crippen molar-refractivity contribution < 1.29 is 10.0 Å². The third-order valence-electron chi connectivity index (χ3n) is 3.47. The molecule has 0 unspecified atom stereocenters. The molecule has 4 N–H and O–H groups in total. The van der Waals surface area contributed by atoms with Crippen molar-refractivity contribution in [3.8, 4) is 0 Å². The molecule has 0 fully saturated rings. The summed E-state index contributed by atoms with van der Waals surface area (Å²) in [6.45, 7) is 4.60. The van der Waals surface area contributed by atoms with Gasteiger partial charge in [0, 0.05) is 25.8 Å². The van der Waals surface area contributed by atoms with Crippen LogP contribution in [0.3, 0.4) is 0 Å². The van der Waals surface area contributed by atoms with Crippen LogP contribution in [0, 0.1) is 5.41 Å². The van der Waals surface area contributed by atoms with Crippen molar-refractivity contribution in [3.63, 3.8) is 0 Å². The van der Waals surface area contributed by atoms with Crippen LogP contribution >= 0.6 is 0 Å². The van der Waals surface area contributed by atoms with Gasteiger partial charge in [0.25, 0.3) is 0 Å². The molecule has 0 saturated heterocycles. The van der Waals surface area contributed by atoms with E-state index < -0.39 is 5.41 Å². The zero-order chi connectivity index (χ0) is 15.9. The Morgan fingerprint density at radius 3 is 2.57 bits per heavy atom. The number of amides is 1. The highest BCUT2D eigenvalue weighted by Crippen LogP contribution is 2.15. The van der Waals surface area contributed by atoms with Crippen molar-refractivity contribution in [3.05, 3.63) is 30.3 Å². The van der Waals surface area contributed by atoms with E-state index in [4.69, 9.17) is 10.9 Å². The number of carbonyl (C=O) groups is 1. The molecular formula is C15H24N4O2. The predicted molar refractivity (Wildman–Crippen MR) is 84.5 cm³/mol. The van der Waals surface area contributed by atoms with Crippen LogP contribution in [0.2, 0.25) is 0 Å². The molecule has 1 amide bonds. The lowest BCUT2D eigenvalue weighted by molar-refractivity contribution is -0.126. The maximum atomic E-state index is 12.0. The van der Waals surface area contributed by atoms with E-state index in [0.29, 0.717) is 6.54 Å². The summed E-state index contributed by atoms with van der Waals surface area (Å²) in [5.41, 5.74) is 5.64. The summed E-state index contributed by atoms with van der Waals surface area (Å²) in [4.78, 5) is 14.1. The Balaban J connectivity index is 2.36. The average molecular weight is 292 g/mol. The van der Waals surface area contributed by atoms with Gasteiger partial charge in [-0.2, -0.15) is 0 Å². The van der Waals surface area contributed by atoms with Crippen molar-refractivity contribution in [2.45, 2.75) is 20.3 Å². The van der Waals surface area contributed by atoms with Gasteiger partial charge in [-0.05, 0) is 32.4 Å². The number of anilines is 1. The minimum Gasteiger partial charge on any atom is -0.409 e. The molecule has 0 atom stereocenters. The second-order valence-corrected chi connectivity index (χ2v) is 5.48. The van der Waals surface area contributed by atoms with Crippen molar-refractivity contribution in [1.29, 1.82) is 0 Å². The van der Waals surface area contributed by atoms with E-state index in [0.717, 1.165) is 18.7 Å². The van der Waals surface area contributed by atoms with Gasteiger partial charge in [-0.1, -0.05) is 23.4 Å². The third-order valence-corrected chi connectivity index (χ3v) is 3.47. The maximum absolute atomic E-state index is 12.0. The molecule has 1 aromatic carbocycles. The van der Waals surface area contributed by atoms with E-state index in [-0.39, 0.29) is 11.7 Å². The van der Waals surface area contributed by atoms with E-state index in [2.05, 4.69) is 15.4 Å². The smallest absolute Gasteiger partial charge is 0.233 e. The average Bonchev–Trinajstić information content (AvgIpc) is 2.50. The Bertz CT molecular complexity index is 486. The van der Waals surface area contributed by atoms with E-state index in [1.807, 2.05) is 37.4 Å². The fraction of sp³-hybridized carbons (Fsp3) is 0.467. The summed E-state index contributed by atoms with van der Waals surface area (Å²) in [7, 11) is 2.01. The first-order chi connectivity index (χ1) is 9.89. The topological polar surface area (TPSA) is 91.0 Å². The molecule has 0 aliphatic carbocycles. The van der Waals surface area contributed by atoms with Gasteiger partial charge in [-0.15, -0.1) is 0 Å². The van der Waals surface area contributed by atoms with Crippen LogP contribution in [0.5, 0.6) is 0 Å². The number of amidine groups is 1. The molecule has 0 aromatic heterocycles. The first-order valence-corrected chi connectivity index (χ1v) is 6.92. The van der Waals surface area contributed by atoms with E-state index >= 15 is 0 Å². The Hall–Kier alpha value is -2.24. The predicted octanol–water partition coefficient (Wildman–Crippen LogP) is 1.40. The lowest BCUT2D eigenvalue weighted by atomic mass is 9.91. The molecule has 0 radical (unpaired) electrons. The van der Waals surface area contributed by atoms with Crippen LogP contribution in [0.4, 0.5) is 5.69 Å². The molecule has 0 saturated carbocycles. The summed E-state index contributed by atoms with van der Waals surface area (Å²) >= 11 is 0. The largest absolute Gasteiger partial charge is 0.409 e. The summed E-state index contributed by atoms with van der Waals surface area (Å²) in [6, 6.07) is 10.0. The van der Waals surface area contributed by atoms with Crippen LogP contribution in [0.1, 0.15) is 20.3 Å². The zero-order valence-corrected chi connectivity index (χ0v) is 12.8. The van der Waals surface area contributed by atoms with E-state index in [1.165, 1.54) is 0 Å². The highest BCUT2D eigenvalue weighted by Gasteiger charge is 2.32. The highest BCUT2D eigenvalue weighted by molar-refractivity contribution is 6.05. The van der Waals surface area contributed by atoms with E-state index in [9.17, 15) is 4.79 Å². The van der Waals surface area contributed by atoms with Gasteiger partial charge in [-0.25, -0.2) is 0 Å². The van der Waals surface area contributed by atoms with E-state index in [1.54, 1.807) is 13.8 Å². The van der Waals surface area contributed by atoms with Gasteiger partial charge in [0.15, 0.2) is 5.84 Å². The molecule has 0 heterocycles. The van der Waals surface area contributed by atoms with Gasteiger partial charge < -0.3 is 21.2 Å². The first kappa shape index (κ1) is 16.8. The summed E-state index contributed by atoms with van der Waals surface area (Å²) in [5, 5.41) is 14.4. The van der Waals surface area contributed by atoms with Crippen LogP contribution < -0.4 is 16.0 Å². The minimum absolute atomic E-state index is 0.0959. The van der Waals surface area contributed by atoms with Crippen molar-refractivity contribution in [2.75, 3.05) is 25.0 Å². The molecule has 21 heavy (non-hydrogen) atoms. The number of nitrogens with one attached hydrogen (secondary N) is 1. The molecule has 0 aliphatic rings. The number of benzene rings is 1. The SMILES string of the molecule is CN(CCCNC(=O)C(C)(C)C(N)=NO)c1ccccc1. The monoisotopic (exact) mass is 292 g/mol. The van der Waals surface area contributed by atoms with Crippen LogP contribution in [-0.2, 0) is 4.79 Å². The standard InChI is InChI=1S/C15H24N4O2/c1-15(2,13(16)18-21)14(20)17-10-7-11-19(3)12-8-5-4-6-9-12/h4-6,8-9,21H,7,10-11H2,1-3H3,(H2,16,18)(H,17,20). The molecule has 1 aromatic rings. The number of hydrogen-bond donors (Lipinski definition) is 3. The van der Waals surface area contributed by atoms with Crippen molar-refractivity contribution in [2.24, 2.45) is 16.3 Å².